The molecule has 238 valence electrons. The molecule has 0 aliphatic carbocycles. The minimum Gasteiger partial charge on any atom is -0.491 e. The largest absolute Gasteiger partial charge is 0.491 e. The van der Waals surface area contributed by atoms with Crippen molar-refractivity contribution in [3.05, 3.63) is 41.5 Å². The summed E-state index contributed by atoms with van der Waals surface area (Å²) in [5.41, 5.74) is 0.0257. The lowest BCUT2D eigenvalue weighted by Gasteiger charge is -2.34. The fraction of sp³-hybridized carbons (Fsp3) is 0.516. The second-order valence-electron chi connectivity index (χ2n) is 11.4. The fourth-order valence-electron chi connectivity index (χ4n) is 4.79. The molecule has 13 heteroatoms. The van der Waals surface area contributed by atoms with E-state index < -0.39 is 41.4 Å². The highest BCUT2D eigenvalue weighted by Crippen LogP contribution is 2.35. The molecule has 2 aliphatic rings. The number of amides is 5. The zero-order valence-corrected chi connectivity index (χ0v) is 25.5. The van der Waals surface area contributed by atoms with E-state index in [4.69, 9.17) is 23.7 Å². The quantitative estimate of drug-likeness (QED) is 0.249. The Labute approximate surface area is 255 Å². The van der Waals surface area contributed by atoms with Crippen LogP contribution in [-0.2, 0) is 28.5 Å². The van der Waals surface area contributed by atoms with Gasteiger partial charge in [0, 0.05) is 31.0 Å². The van der Waals surface area contributed by atoms with Gasteiger partial charge in [-0.1, -0.05) is 12.1 Å². The molecule has 1 unspecified atom stereocenters. The number of carbonyl (C=O) groups is 5. The summed E-state index contributed by atoms with van der Waals surface area (Å²) in [6.07, 6.45) is -0.281. The predicted octanol–water partition coefficient (Wildman–Crippen LogP) is 2.54. The molecular weight excluding hydrogens is 574 g/mol. The van der Waals surface area contributed by atoms with Crippen molar-refractivity contribution >= 4 is 40.5 Å². The molecule has 1 N–H and O–H groups in total. The second-order valence-corrected chi connectivity index (χ2v) is 11.4. The highest BCUT2D eigenvalue weighted by atomic mass is 16.6. The summed E-state index contributed by atoms with van der Waals surface area (Å²) < 4.78 is 27.7. The van der Waals surface area contributed by atoms with Crippen molar-refractivity contribution in [2.24, 2.45) is 0 Å². The van der Waals surface area contributed by atoms with Crippen molar-refractivity contribution in [1.82, 2.24) is 15.1 Å². The van der Waals surface area contributed by atoms with Crippen LogP contribution < -0.4 is 10.1 Å². The zero-order chi connectivity index (χ0) is 31.9. The number of nitrogens with zero attached hydrogens (tertiary/aromatic N) is 2. The lowest BCUT2D eigenvalue weighted by molar-refractivity contribution is -0.136. The van der Waals surface area contributed by atoms with E-state index in [1.807, 2.05) is 20.8 Å². The van der Waals surface area contributed by atoms with Crippen LogP contribution in [0.4, 0.5) is 4.79 Å². The average molecular weight is 614 g/mol. The third-order valence-corrected chi connectivity index (χ3v) is 6.89. The maximum absolute atomic E-state index is 13.5. The van der Waals surface area contributed by atoms with Crippen LogP contribution in [-0.4, -0.2) is 111 Å². The molecular formula is C31H39N3O10. The number of hydrogen-bond donors (Lipinski definition) is 1. The maximum atomic E-state index is 13.5. The van der Waals surface area contributed by atoms with Gasteiger partial charge in [-0.2, -0.15) is 0 Å². The Bertz CT molecular complexity index is 1400. The third-order valence-electron chi connectivity index (χ3n) is 6.89. The van der Waals surface area contributed by atoms with Crippen LogP contribution in [0.15, 0.2) is 30.3 Å². The first-order valence-electron chi connectivity index (χ1n) is 14.5. The van der Waals surface area contributed by atoms with Crippen LogP contribution in [0.5, 0.6) is 5.75 Å². The van der Waals surface area contributed by atoms with Gasteiger partial charge in [0.05, 0.1) is 45.2 Å². The molecule has 0 spiro atoms. The van der Waals surface area contributed by atoms with Crippen molar-refractivity contribution in [3.8, 4) is 5.75 Å². The van der Waals surface area contributed by atoms with E-state index in [0.717, 1.165) is 4.90 Å². The van der Waals surface area contributed by atoms with Crippen molar-refractivity contribution in [3.63, 3.8) is 0 Å². The SMILES string of the molecule is CN(CCOCCOCCOCCOc1cc2c3c(cccc3c1)C(=O)N(C1CCC(=O)NC1=O)C2=O)C(=O)OC(C)(C)C. The first-order chi connectivity index (χ1) is 21.0. The highest BCUT2D eigenvalue weighted by Gasteiger charge is 2.42. The molecule has 1 saturated heterocycles. The number of likely N-dealkylation sites (N-methyl/N-ethyl adjacent to an activating group) is 1. The zero-order valence-electron chi connectivity index (χ0n) is 25.5. The molecule has 1 fully saturated rings. The Kier molecular flexibility index (Phi) is 10.9. The van der Waals surface area contributed by atoms with E-state index in [9.17, 15) is 24.0 Å². The number of imide groups is 2. The lowest BCUT2D eigenvalue weighted by Crippen LogP contribution is -2.57. The van der Waals surface area contributed by atoms with E-state index in [0.29, 0.717) is 61.7 Å². The van der Waals surface area contributed by atoms with Gasteiger partial charge < -0.3 is 28.6 Å². The Morgan fingerprint density at radius 3 is 2.20 bits per heavy atom. The minimum absolute atomic E-state index is 0.0433. The van der Waals surface area contributed by atoms with Gasteiger partial charge >= 0.3 is 6.09 Å². The molecule has 0 radical (unpaired) electrons. The maximum Gasteiger partial charge on any atom is 0.410 e. The molecule has 2 aromatic carbocycles. The Morgan fingerprint density at radius 1 is 0.909 bits per heavy atom. The molecule has 44 heavy (non-hydrogen) atoms. The van der Waals surface area contributed by atoms with Crippen molar-refractivity contribution < 1.29 is 47.7 Å². The smallest absolute Gasteiger partial charge is 0.410 e. The number of hydrogen-bond acceptors (Lipinski definition) is 10. The van der Waals surface area contributed by atoms with E-state index in [-0.39, 0.29) is 31.6 Å². The van der Waals surface area contributed by atoms with Gasteiger partial charge in [-0.05, 0) is 50.8 Å². The van der Waals surface area contributed by atoms with E-state index in [1.54, 1.807) is 37.4 Å². The van der Waals surface area contributed by atoms with Gasteiger partial charge in [-0.15, -0.1) is 0 Å². The molecule has 0 aromatic heterocycles. The van der Waals surface area contributed by atoms with Gasteiger partial charge in [0.1, 0.15) is 24.0 Å². The van der Waals surface area contributed by atoms with Crippen molar-refractivity contribution in [1.29, 1.82) is 0 Å². The number of benzene rings is 2. The van der Waals surface area contributed by atoms with E-state index in [1.165, 1.54) is 4.90 Å². The third kappa shape index (κ3) is 8.30. The summed E-state index contributed by atoms with van der Waals surface area (Å²) >= 11 is 0. The van der Waals surface area contributed by atoms with E-state index >= 15 is 0 Å². The summed E-state index contributed by atoms with van der Waals surface area (Å²) in [6.45, 7) is 8.16. The minimum atomic E-state index is -1.06. The molecule has 2 aromatic rings. The molecule has 0 bridgehead atoms. The fourth-order valence-corrected chi connectivity index (χ4v) is 4.79. The van der Waals surface area contributed by atoms with Crippen molar-refractivity contribution in [2.45, 2.75) is 45.3 Å². The Balaban J connectivity index is 1.17. The molecule has 2 heterocycles. The van der Waals surface area contributed by atoms with Gasteiger partial charge in [0.15, 0.2) is 0 Å². The monoisotopic (exact) mass is 613 g/mol. The number of ether oxygens (including phenoxy) is 5. The molecule has 0 saturated carbocycles. The number of rotatable bonds is 14. The standard InChI is InChI=1S/C31H39N3O10/c1-31(2,3)44-30(39)33(4)10-11-40-12-13-41-14-15-42-16-17-43-21-18-20-6-5-7-22-26(20)23(19-21)29(38)34(28(22)37)24-8-9-25(35)32-27(24)36/h5-7,18-19,24H,8-17H2,1-4H3,(H,32,35,36). The van der Waals surface area contributed by atoms with Crippen LogP contribution in [0.3, 0.4) is 0 Å². The summed E-state index contributed by atoms with van der Waals surface area (Å²) in [5, 5.41) is 3.38. The first-order valence-corrected chi connectivity index (χ1v) is 14.5. The molecule has 1 atom stereocenters. The average Bonchev–Trinajstić information content (AvgIpc) is 2.96. The van der Waals surface area contributed by atoms with Crippen LogP contribution in [0.2, 0.25) is 0 Å². The number of carbonyl (C=O) groups excluding carboxylic acids is 5. The van der Waals surface area contributed by atoms with Gasteiger partial charge in [0.2, 0.25) is 11.8 Å². The van der Waals surface area contributed by atoms with Gasteiger partial charge in [-0.25, -0.2) is 4.79 Å². The number of piperidine rings is 1. The van der Waals surface area contributed by atoms with Crippen LogP contribution >= 0.6 is 0 Å². The molecule has 13 nitrogen and oxygen atoms in total. The summed E-state index contributed by atoms with van der Waals surface area (Å²) in [7, 11) is 1.65. The normalized spacial score (nSPS) is 16.7. The van der Waals surface area contributed by atoms with Crippen LogP contribution in [0.1, 0.15) is 54.3 Å². The topological polar surface area (TPSA) is 150 Å². The predicted molar refractivity (Wildman–Crippen MR) is 157 cm³/mol. The van der Waals surface area contributed by atoms with Crippen LogP contribution in [0, 0.1) is 0 Å². The first kappa shape index (κ1) is 32.8. The van der Waals surface area contributed by atoms with Crippen LogP contribution in [0.25, 0.3) is 10.8 Å². The summed E-state index contributed by atoms with van der Waals surface area (Å²) in [4.78, 5) is 65.1. The Hall–Kier alpha value is -4.07. The summed E-state index contributed by atoms with van der Waals surface area (Å²) in [5.74, 6) is -1.84. The molecule has 5 amide bonds. The molecule has 4 rings (SSSR count). The van der Waals surface area contributed by atoms with Gasteiger partial charge in [-0.3, -0.25) is 29.4 Å². The van der Waals surface area contributed by atoms with Crippen molar-refractivity contribution in [2.75, 3.05) is 59.8 Å². The number of nitrogens with one attached hydrogen (secondary N) is 1. The second kappa shape index (κ2) is 14.6. The highest BCUT2D eigenvalue weighted by molar-refractivity contribution is 6.27. The van der Waals surface area contributed by atoms with E-state index in [2.05, 4.69) is 5.32 Å². The van der Waals surface area contributed by atoms with Gasteiger partial charge in [0.25, 0.3) is 11.8 Å². The summed E-state index contributed by atoms with van der Waals surface area (Å²) in [6, 6.07) is 7.36. The Morgan fingerprint density at radius 2 is 1.55 bits per heavy atom. The lowest BCUT2D eigenvalue weighted by atomic mass is 9.91. The molecule has 2 aliphatic heterocycles.